The van der Waals surface area contributed by atoms with E-state index in [-0.39, 0.29) is 11.9 Å². The zero-order valence-electron chi connectivity index (χ0n) is 34.9. The Hall–Kier alpha value is -4.75. The lowest BCUT2D eigenvalue weighted by Gasteiger charge is -2.35. The molecular weight excluding hydrogens is 820 g/mol. The average molecular weight is 876 g/mol. The van der Waals surface area contributed by atoms with Gasteiger partial charge in [-0.15, -0.1) is 0 Å². The molecule has 0 saturated carbocycles. The summed E-state index contributed by atoms with van der Waals surface area (Å²) in [6, 6.07) is 13.4. The van der Waals surface area contributed by atoms with Crippen molar-refractivity contribution in [1.82, 2.24) is 39.4 Å². The Balaban J connectivity index is 0.000000182. The highest BCUT2D eigenvalue weighted by Crippen LogP contribution is 2.35. The molecule has 0 unspecified atom stereocenters. The van der Waals surface area contributed by atoms with Crippen LogP contribution in [0.5, 0.6) is 0 Å². The maximum absolute atomic E-state index is 14.0. The number of fused-ring (bicyclic) bond motifs is 2. The van der Waals surface area contributed by atoms with Crippen molar-refractivity contribution >= 4 is 62.0 Å². The number of hydrogen-bond donors (Lipinski definition) is 2. The first kappa shape index (κ1) is 41.6. The standard InChI is InChI=1S/C27H35N7O4S.C15H20ClN5O/c1-19-7-8-21(30-39(2,36)37)20(16-19)27(35)33-11-4-3-6-23(33)22-17-25-28-24(31-9-5-10-31)18-26(34(25)29-22)32-12-14-38-15-13-32;16-13-10-15(20-5-7-22-8-6-20)21-14(18-13)9-12(19-21)11-3-1-2-4-17-11/h7-8,16-18,23,30H,3-6,9-15H2,1-2H3;9-11,17H,1-8H2/t23-;11-/m00/s1. The Morgan fingerprint density at radius 3 is 2.07 bits per heavy atom. The van der Waals surface area contributed by atoms with Gasteiger partial charge in [0.15, 0.2) is 11.3 Å². The third-order valence-corrected chi connectivity index (χ3v) is 12.9. The zero-order chi connectivity index (χ0) is 42.1. The summed E-state index contributed by atoms with van der Waals surface area (Å²) in [5.74, 6) is 2.74. The van der Waals surface area contributed by atoms with E-state index in [2.05, 4.69) is 41.9 Å². The Labute approximate surface area is 361 Å². The van der Waals surface area contributed by atoms with E-state index in [1.807, 2.05) is 33.0 Å². The molecule has 0 bridgehead atoms. The molecular formula is C42H55ClN12O5S. The zero-order valence-corrected chi connectivity index (χ0v) is 36.5. The van der Waals surface area contributed by atoms with E-state index in [0.29, 0.717) is 42.2 Å². The largest absolute Gasteiger partial charge is 0.378 e. The second kappa shape index (κ2) is 17.9. The summed E-state index contributed by atoms with van der Waals surface area (Å²) in [5, 5.41) is 13.9. The number of ether oxygens (including phenoxy) is 2. The van der Waals surface area contributed by atoms with Gasteiger partial charge in [-0.05, 0) is 64.1 Å². The van der Waals surface area contributed by atoms with Gasteiger partial charge in [0.1, 0.15) is 22.6 Å². The van der Waals surface area contributed by atoms with E-state index >= 15 is 0 Å². The SMILES string of the molecule is Cc1ccc(NS(C)(=O)=O)c(C(=O)N2CCCC[C@H]2c2cc3nc(N4CCC4)cc(N4CCOCC4)n3n2)c1.Clc1cc(N2CCOCC2)n2nc([C@@H]3CCCCN3)cc2n1. The van der Waals surface area contributed by atoms with Crippen molar-refractivity contribution in [1.29, 1.82) is 0 Å². The quantitative estimate of drug-likeness (QED) is 0.203. The number of sulfonamides is 1. The van der Waals surface area contributed by atoms with Crippen molar-refractivity contribution < 1.29 is 22.7 Å². The number of benzene rings is 1. The molecule has 5 aliphatic rings. The minimum atomic E-state index is -3.55. The second-order valence-electron chi connectivity index (χ2n) is 16.6. The highest BCUT2D eigenvalue weighted by molar-refractivity contribution is 7.92. The predicted octanol–water partition coefficient (Wildman–Crippen LogP) is 4.86. The van der Waals surface area contributed by atoms with Crippen LogP contribution in [0.4, 0.5) is 23.1 Å². The molecule has 19 heteroatoms. The molecule has 4 aromatic heterocycles. The van der Waals surface area contributed by atoms with Gasteiger partial charge in [-0.25, -0.2) is 18.4 Å². The van der Waals surface area contributed by atoms with Gasteiger partial charge in [0, 0.05) is 70.1 Å². The van der Waals surface area contributed by atoms with Gasteiger partial charge >= 0.3 is 0 Å². The third kappa shape index (κ3) is 9.23. The maximum Gasteiger partial charge on any atom is 0.256 e. The highest BCUT2D eigenvalue weighted by Gasteiger charge is 2.33. The van der Waals surface area contributed by atoms with Gasteiger partial charge in [-0.3, -0.25) is 9.52 Å². The summed E-state index contributed by atoms with van der Waals surface area (Å²) in [7, 11) is -3.55. The fraction of sp³-hybridized carbons (Fsp3) is 0.548. The number of morpholine rings is 2. The lowest BCUT2D eigenvalue weighted by Crippen LogP contribution is -2.40. The number of nitrogens with zero attached hydrogens (tertiary/aromatic N) is 10. The van der Waals surface area contributed by atoms with Gasteiger partial charge in [-0.1, -0.05) is 29.7 Å². The van der Waals surface area contributed by atoms with Gasteiger partial charge in [-0.2, -0.15) is 19.2 Å². The summed E-state index contributed by atoms with van der Waals surface area (Å²) >= 11 is 6.21. The molecule has 61 heavy (non-hydrogen) atoms. The number of nitrogens with one attached hydrogen (secondary N) is 2. The van der Waals surface area contributed by atoms with Crippen molar-refractivity contribution in [2.24, 2.45) is 0 Å². The summed E-state index contributed by atoms with van der Waals surface area (Å²) in [6.07, 6.45) is 8.52. The molecule has 0 radical (unpaired) electrons. The molecule has 9 heterocycles. The molecule has 5 saturated heterocycles. The van der Waals surface area contributed by atoms with Crippen molar-refractivity contribution in [2.45, 2.75) is 64.0 Å². The van der Waals surface area contributed by atoms with E-state index in [1.54, 1.807) is 18.2 Å². The number of halogens is 1. The highest BCUT2D eigenvalue weighted by atomic mass is 35.5. The fourth-order valence-corrected chi connectivity index (χ4v) is 9.61. The molecule has 10 rings (SSSR count). The van der Waals surface area contributed by atoms with Gasteiger partial charge < -0.3 is 34.4 Å². The fourth-order valence-electron chi connectivity index (χ4n) is 8.85. The lowest BCUT2D eigenvalue weighted by molar-refractivity contribution is 0.0606. The molecule has 1 aromatic carbocycles. The Kier molecular flexibility index (Phi) is 12.2. The number of carbonyl (C=O) groups is 1. The van der Waals surface area contributed by atoms with Crippen molar-refractivity contribution in [3.05, 3.63) is 70.1 Å². The molecule has 0 spiro atoms. The molecule has 5 fully saturated rings. The number of rotatable bonds is 8. The number of amides is 1. The van der Waals surface area contributed by atoms with Crippen LogP contribution in [0.25, 0.3) is 11.3 Å². The van der Waals surface area contributed by atoms with Crippen LogP contribution < -0.4 is 24.7 Å². The van der Waals surface area contributed by atoms with Gasteiger partial charge in [0.05, 0.1) is 67.4 Å². The van der Waals surface area contributed by atoms with Crippen LogP contribution in [0.15, 0.2) is 42.5 Å². The van der Waals surface area contributed by atoms with E-state index in [0.717, 1.165) is 137 Å². The Bertz CT molecular complexity index is 2470. The van der Waals surface area contributed by atoms with Crippen molar-refractivity contribution in [3.63, 3.8) is 0 Å². The summed E-state index contributed by atoms with van der Waals surface area (Å²) in [5.41, 5.74) is 4.98. The number of anilines is 4. The number of aromatic nitrogens is 6. The number of hydrogen-bond acceptors (Lipinski definition) is 13. The van der Waals surface area contributed by atoms with Crippen LogP contribution in [0.1, 0.15) is 84.3 Å². The smallest absolute Gasteiger partial charge is 0.256 e. The lowest BCUT2D eigenvalue weighted by atomic mass is 9.97. The van der Waals surface area contributed by atoms with Crippen LogP contribution in [-0.4, -0.2) is 133 Å². The first-order valence-corrected chi connectivity index (χ1v) is 23.8. The molecule has 2 N–H and O–H groups in total. The first-order chi connectivity index (χ1) is 29.6. The van der Waals surface area contributed by atoms with Crippen molar-refractivity contribution in [3.8, 4) is 0 Å². The Morgan fingerprint density at radius 2 is 1.41 bits per heavy atom. The molecule has 17 nitrogen and oxygen atoms in total. The van der Waals surface area contributed by atoms with Crippen LogP contribution in [0.2, 0.25) is 5.15 Å². The van der Waals surface area contributed by atoms with Crippen molar-refractivity contribution in [2.75, 3.05) is 104 Å². The van der Waals surface area contributed by atoms with Crippen LogP contribution in [-0.2, 0) is 19.5 Å². The minimum absolute atomic E-state index is 0.200. The monoisotopic (exact) mass is 874 g/mol. The van der Waals surface area contributed by atoms with Crippen LogP contribution in [0, 0.1) is 6.92 Å². The molecule has 1 amide bonds. The molecule has 5 aromatic rings. The third-order valence-electron chi connectivity index (χ3n) is 12.1. The number of likely N-dealkylation sites (tertiary alicyclic amines) is 1. The van der Waals surface area contributed by atoms with E-state index in [4.69, 9.17) is 36.3 Å². The molecule has 326 valence electrons. The van der Waals surface area contributed by atoms with Gasteiger partial charge in [0.25, 0.3) is 5.91 Å². The minimum Gasteiger partial charge on any atom is -0.378 e. The normalized spacial score (nSPS) is 21.3. The van der Waals surface area contributed by atoms with E-state index in [9.17, 15) is 13.2 Å². The molecule has 0 aliphatic carbocycles. The predicted molar refractivity (Wildman–Crippen MR) is 236 cm³/mol. The topological polar surface area (TPSA) is 167 Å². The average Bonchev–Trinajstić information content (AvgIpc) is 3.89. The van der Waals surface area contributed by atoms with E-state index < -0.39 is 10.0 Å². The summed E-state index contributed by atoms with van der Waals surface area (Å²) < 4.78 is 41.4. The Morgan fingerprint density at radius 1 is 0.754 bits per heavy atom. The number of piperidine rings is 2. The van der Waals surface area contributed by atoms with E-state index in [1.165, 1.54) is 19.3 Å². The maximum atomic E-state index is 14.0. The summed E-state index contributed by atoms with van der Waals surface area (Å²) in [4.78, 5) is 32.0. The second-order valence-corrected chi connectivity index (χ2v) is 18.7. The van der Waals surface area contributed by atoms with Gasteiger partial charge in [0.2, 0.25) is 10.0 Å². The first-order valence-electron chi connectivity index (χ1n) is 21.6. The molecule has 5 aliphatic heterocycles. The van der Waals surface area contributed by atoms with Crippen LogP contribution in [0.3, 0.4) is 0 Å². The summed E-state index contributed by atoms with van der Waals surface area (Å²) in [6.45, 7) is 11.6. The van der Waals surface area contributed by atoms with Crippen LogP contribution >= 0.6 is 11.6 Å². The molecule has 2 atom stereocenters. The number of carbonyl (C=O) groups excluding carboxylic acids is 1. The number of aryl methyl sites for hydroxylation is 1.